The second kappa shape index (κ2) is 9.57. The Morgan fingerprint density at radius 2 is 1.40 bits per heavy atom. The van der Waals surface area contributed by atoms with Crippen LogP contribution >= 0.6 is 0 Å². The van der Waals surface area contributed by atoms with Gasteiger partial charge in [0.25, 0.3) is 0 Å². The first-order valence-corrected chi connectivity index (χ1v) is 20.3. The standard InChI is InChI=1S/C25H25.C13H19.C3H6.Zr/c1-14-12-24(3,4)22-8-16-7-17-9-23-19(15(2)13-25(23,5)6)11-21(17)20(16)10-18(14)22;1-11-6-7-12(10-11)13(2)8-4-3-5-9-13;1-3-2;/h8-12H,7H2,1-6H3;7,10-11H,3-5,8-9H2,1-2H3;1-2H3;. The zero-order valence-electron chi connectivity index (χ0n) is 27.9. The number of allylic oxidation sites excluding steroid dienone is 8. The van der Waals surface area contributed by atoms with Crippen LogP contribution in [0.2, 0.25) is 0 Å². The molecule has 0 saturated heterocycles. The van der Waals surface area contributed by atoms with Crippen molar-refractivity contribution < 1.29 is 21.3 Å². The molecule has 0 N–H and O–H groups in total. The van der Waals surface area contributed by atoms with Crippen molar-refractivity contribution >= 4 is 14.4 Å². The summed E-state index contributed by atoms with van der Waals surface area (Å²) in [6, 6.07) is 10.3. The van der Waals surface area contributed by atoms with Crippen LogP contribution in [-0.2, 0) is 38.5 Å². The number of fused-ring (bicyclic) bond motifs is 5. The van der Waals surface area contributed by atoms with Gasteiger partial charge in [-0.2, -0.15) is 0 Å². The van der Waals surface area contributed by atoms with Crippen molar-refractivity contribution in [3.63, 3.8) is 0 Å². The molecule has 42 heavy (non-hydrogen) atoms. The molecule has 0 aliphatic heterocycles. The van der Waals surface area contributed by atoms with Gasteiger partial charge in [0.2, 0.25) is 0 Å². The fourth-order valence-electron chi connectivity index (χ4n) is 9.59. The van der Waals surface area contributed by atoms with Crippen LogP contribution in [0.15, 0.2) is 54.6 Å². The summed E-state index contributed by atoms with van der Waals surface area (Å²) in [6.45, 7) is 24.6. The van der Waals surface area contributed by atoms with Gasteiger partial charge in [-0.15, -0.1) is 0 Å². The molecule has 5 aliphatic rings. The van der Waals surface area contributed by atoms with Crippen LogP contribution in [0, 0.1) is 11.3 Å². The average molecular weight is 634 g/mol. The van der Waals surface area contributed by atoms with Crippen LogP contribution in [0.5, 0.6) is 0 Å². The van der Waals surface area contributed by atoms with E-state index in [2.05, 4.69) is 112 Å². The Hall–Kier alpha value is -1.85. The van der Waals surface area contributed by atoms with Gasteiger partial charge in [-0.1, -0.05) is 0 Å². The molecule has 218 valence electrons. The summed E-state index contributed by atoms with van der Waals surface area (Å²) in [6.07, 6.45) is 15.9. The zero-order chi connectivity index (χ0) is 29.9. The summed E-state index contributed by atoms with van der Waals surface area (Å²) < 4.78 is 5.39. The quantitative estimate of drug-likeness (QED) is 0.269. The molecule has 1 atom stereocenters. The predicted molar refractivity (Wildman–Crippen MR) is 180 cm³/mol. The SMILES string of the molecule is CC1=CC(C)(C)c2cc3c(cc21)-c1cc2c(cc1C3)C(C)(C)[C]([Zr]([C]1=CC(C3(C)CCCCC3)=CC1C)=[C](C)C)=C2C. The predicted octanol–water partition coefficient (Wildman–Crippen LogP) is 11.2. The molecular weight excluding hydrogens is 584 g/mol. The zero-order valence-corrected chi connectivity index (χ0v) is 30.3. The van der Waals surface area contributed by atoms with Gasteiger partial charge in [-0.3, -0.25) is 0 Å². The van der Waals surface area contributed by atoms with Gasteiger partial charge in [0.1, 0.15) is 0 Å². The van der Waals surface area contributed by atoms with Crippen molar-refractivity contribution in [1.82, 2.24) is 0 Å². The molecule has 0 radical (unpaired) electrons. The van der Waals surface area contributed by atoms with Gasteiger partial charge < -0.3 is 0 Å². The normalized spacial score (nSPS) is 24.0. The third-order valence-corrected chi connectivity index (χ3v) is 20.9. The van der Waals surface area contributed by atoms with Gasteiger partial charge in [0.15, 0.2) is 0 Å². The van der Waals surface area contributed by atoms with Crippen LogP contribution in [0.4, 0.5) is 0 Å². The summed E-state index contributed by atoms with van der Waals surface area (Å²) in [4.78, 5) is 0. The van der Waals surface area contributed by atoms with E-state index in [0.29, 0.717) is 11.3 Å². The van der Waals surface area contributed by atoms with E-state index in [1.807, 2.05) is 6.56 Å². The first-order chi connectivity index (χ1) is 19.7. The summed E-state index contributed by atoms with van der Waals surface area (Å²) >= 11 is -2.27. The molecule has 1 heteroatoms. The Labute approximate surface area is 263 Å². The first-order valence-electron chi connectivity index (χ1n) is 16.6. The molecule has 2 aromatic rings. The number of hydrogen-bond acceptors (Lipinski definition) is 0. The van der Waals surface area contributed by atoms with Gasteiger partial charge in [-0.25, -0.2) is 0 Å². The molecule has 5 aliphatic carbocycles. The van der Waals surface area contributed by atoms with Gasteiger partial charge in [-0.05, 0) is 0 Å². The van der Waals surface area contributed by atoms with E-state index in [9.17, 15) is 0 Å². The Kier molecular flexibility index (Phi) is 6.59. The summed E-state index contributed by atoms with van der Waals surface area (Å²) in [5, 5.41) is 0. The molecule has 1 fully saturated rings. The van der Waals surface area contributed by atoms with Crippen molar-refractivity contribution in [3.8, 4) is 11.1 Å². The second-order valence-corrected chi connectivity index (χ2v) is 22.9. The molecule has 2 aromatic carbocycles. The van der Waals surface area contributed by atoms with E-state index in [-0.39, 0.29) is 10.8 Å². The van der Waals surface area contributed by atoms with Crippen LogP contribution in [0.3, 0.4) is 0 Å². The van der Waals surface area contributed by atoms with Gasteiger partial charge >= 0.3 is 265 Å². The molecule has 7 rings (SSSR count). The van der Waals surface area contributed by atoms with Crippen LogP contribution in [0.1, 0.15) is 135 Å². The minimum atomic E-state index is -2.27. The fraction of sp³-hybridized carbons (Fsp3) is 0.488. The van der Waals surface area contributed by atoms with Crippen LogP contribution < -0.4 is 0 Å². The van der Waals surface area contributed by atoms with Crippen LogP contribution in [0.25, 0.3) is 22.3 Å². The third kappa shape index (κ3) is 4.11. The molecule has 0 spiro atoms. The molecule has 0 amide bonds. The summed E-state index contributed by atoms with van der Waals surface area (Å²) in [7, 11) is 0. The van der Waals surface area contributed by atoms with Crippen molar-refractivity contribution in [1.29, 1.82) is 0 Å². The number of benzene rings is 2. The first kappa shape index (κ1) is 28.9. The third-order valence-electron chi connectivity index (χ3n) is 11.9. The van der Waals surface area contributed by atoms with Crippen LogP contribution in [-0.4, -0.2) is 3.21 Å². The summed E-state index contributed by atoms with van der Waals surface area (Å²) in [5.41, 5.74) is 17.5. The average Bonchev–Trinajstić information content (AvgIpc) is 3.59. The molecular formula is C41H50Zr. The van der Waals surface area contributed by atoms with Crippen molar-refractivity contribution in [2.75, 3.05) is 0 Å². The van der Waals surface area contributed by atoms with Crippen molar-refractivity contribution in [2.24, 2.45) is 11.3 Å². The second-order valence-electron chi connectivity index (χ2n) is 16.0. The Balaban J connectivity index is 1.33. The Bertz CT molecular complexity index is 1710. The topological polar surface area (TPSA) is 0 Å². The Morgan fingerprint density at radius 1 is 0.786 bits per heavy atom. The van der Waals surface area contributed by atoms with Crippen molar-refractivity contribution in [2.45, 2.75) is 119 Å². The molecule has 0 nitrogen and oxygen atoms in total. The van der Waals surface area contributed by atoms with E-state index in [4.69, 9.17) is 0 Å². The molecule has 1 unspecified atom stereocenters. The Morgan fingerprint density at radius 3 is 2.05 bits per heavy atom. The van der Waals surface area contributed by atoms with E-state index < -0.39 is 21.3 Å². The molecule has 1 saturated carbocycles. The number of rotatable bonds is 3. The van der Waals surface area contributed by atoms with E-state index >= 15 is 0 Å². The van der Waals surface area contributed by atoms with Gasteiger partial charge in [0.05, 0.1) is 0 Å². The van der Waals surface area contributed by atoms with E-state index in [1.165, 1.54) is 71.1 Å². The molecule has 0 aromatic heterocycles. The number of hydrogen-bond donors (Lipinski definition) is 0. The monoisotopic (exact) mass is 632 g/mol. The maximum absolute atomic E-state index is 2.74. The molecule has 0 bridgehead atoms. The van der Waals surface area contributed by atoms with E-state index in [1.54, 1.807) is 25.5 Å². The minimum absolute atomic E-state index is 0.0936. The van der Waals surface area contributed by atoms with Crippen molar-refractivity contribution in [3.05, 3.63) is 88.0 Å². The fourth-order valence-corrected chi connectivity index (χ4v) is 18.1. The maximum atomic E-state index is 2.74. The van der Waals surface area contributed by atoms with E-state index in [0.717, 1.165) is 6.42 Å². The molecule has 0 heterocycles. The van der Waals surface area contributed by atoms with Gasteiger partial charge in [0, 0.05) is 0 Å². The summed E-state index contributed by atoms with van der Waals surface area (Å²) in [5.74, 6) is 0.586.